The van der Waals surface area contributed by atoms with Crippen molar-refractivity contribution in [1.82, 2.24) is 4.68 Å². The first-order chi connectivity index (χ1) is 9.20. The van der Waals surface area contributed by atoms with Crippen LogP contribution in [0.5, 0.6) is 11.5 Å². The summed E-state index contributed by atoms with van der Waals surface area (Å²) in [5.74, 6) is 0.340. The Hall–Kier alpha value is -2.24. The van der Waals surface area contributed by atoms with E-state index in [4.69, 9.17) is 4.74 Å². The van der Waals surface area contributed by atoms with E-state index in [-0.39, 0.29) is 11.5 Å². The van der Waals surface area contributed by atoms with E-state index in [2.05, 4.69) is 10.2 Å². The van der Waals surface area contributed by atoms with E-state index in [1.54, 1.807) is 22.9 Å². The fraction of sp³-hybridized carbons (Fsp3) is 0.231. The van der Waals surface area contributed by atoms with Crippen molar-refractivity contribution in [3.63, 3.8) is 0 Å². The van der Waals surface area contributed by atoms with Gasteiger partial charge in [0.05, 0.1) is 13.7 Å². The van der Waals surface area contributed by atoms with E-state index < -0.39 is 6.61 Å². The maximum Gasteiger partial charge on any atom is 0.387 e. The highest BCUT2D eigenvalue weighted by Gasteiger charge is 2.14. The van der Waals surface area contributed by atoms with Crippen molar-refractivity contribution < 1.29 is 18.3 Å². The van der Waals surface area contributed by atoms with Crippen LogP contribution < -0.4 is 14.9 Å². The van der Waals surface area contributed by atoms with Crippen molar-refractivity contribution >= 4 is 0 Å². The molecule has 0 unspecified atom stereocenters. The lowest BCUT2D eigenvalue weighted by molar-refractivity contribution is -0.0518. The van der Waals surface area contributed by atoms with Crippen LogP contribution in [0.3, 0.4) is 0 Å². The molecule has 0 aliphatic carbocycles. The van der Waals surface area contributed by atoms with Gasteiger partial charge >= 0.3 is 6.61 Å². The fourth-order valence-electron chi connectivity index (χ4n) is 1.70. The lowest BCUT2D eigenvalue weighted by Crippen LogP contribution is -2.14. The number of nitrogens with one attached hydrogen (secondary N) is 1. The molecule has 0 fully saturated rings. The molecule has 0 atom stereocenters. The second kappa shape index (κ2) is 6.08. The molecule has 0 spiro atoms. The van der Waals surface area contributed by atoms with Gasteiger partial charge in [-0.1, -0.05) is 12.1 Å². The minimum absolute atomic E-state index is 0.0552. The van der Waals surface area contributed by atoms with Gasteiger partial charge in [0.15, 0.2) is 11.5 Å². The molecule has 2 aromatic rings. The van der Waals surface area contributed by atoms with Crippen LogP contribution in [0.15, 0.2) is 42.7 Å². The average molecular weight is 268 g/mol. The van der Waals surface area contributed by atoms with E-state index in [1.165, 1.54) is 7.11 Å². The number of alkyl halides is 2. The molecule has 2 rings (SSSR count). The standard InChI is InChI=1S/C13H14F2N2O2/c1-18-11-6-4-5-10(12(11)19-13(14)15)9-16-17-7-2-3-8-17/h2-8,13,16H,9H2,1H3. The van der Waals surface area contributed by atoms with Crippen molar-refractivity contribution in [3.8, 4) is 11.5 Å². The first-order valence-electron chi connectivity index (χ1n) is 5.68. The van der Waals surface area contributed by atoms with E-state index in [0.29, 0.717) is 12.1 Å². The van der Waals surface area contributed by atoms with Gasteiger partial charge in [0.1, 0.15) is 0 Å². The zero-order chi connectivity index (χ0) is 13.7. The minimum atomic E-state index is -2.89. The van der Waals surface area contributed by atoms with Gasteiger partial charge in [0.2, 0.25) is 0 Å². The molecular weight excluding hydrogens is 254 g/mol. The van der Waals surface area contributed by atoms with Gasteiger partial charge in [-0.15, -0.1) is 0 Å². The molecule has 1 heterocycles. The Morgan fingerprint density at radius 1 is 1.21 bits per heavy atom. The maximum atomic E-state index is 12.4. The Morgan fingerprint density at radius 3 is 2.58 bits per heavy atom. The number of hydrogen-bond donors (Lipinski definition) is 1. The van der Waals surface area contributed by atoms with E-state index >= 15 is 0 Å². The summed E-state index contributed by atoms with van der Waals surface area (Å²) in [5, 5.41) is 0. The van der Waals surface area contributed by atoms with Crippen LogP contribution in [0, 0.1) is 0 Å². The predicted molar refractivity (Wildman–Crippen MR) is 67.1 cm³/mol. The number of ether oxygens (including phenoxy) is 2. The molecule has 102 valence electrons. The second-order valence-corrected chi connectivity index (χ2v) is 3.75. The maximum absolute atomic E-state index is 12.4. The fourth-order valence-corrected chi connectivity index (χ4v) is 1.70. The SMILES string of the molecule is COc1cccc(CNn2cccc2)c1OC(F)F. The molecule has 4 nitrogen and oxygen atoms in total. The van der Waals surface area contributed by atoms with Crippen molar-refractivity contribution in [3.05, 3.63) is 48.3 Å². The highest BCUT2D eigenvalue weighted by Crippen LogP contribution is 2.32. The third-order valence-electron chi connectivity index (χ3n) is 2.54. The van der Waals surface area contributed by atoms with E-state index in [1.807, 2.05) is 24.5 Å². The number of hydrogen-bond acceptors (Lipinski definition) is 3. The highest BCUT2D eigenvalue weighted by molar-refractivity contribution is 5.47. The minimum Gasteiger partial charge on any atom is -0.493 e. The van der Waals surface area contributed by atoms with Crippen LogP contribution in [0.1, 0.15) is 5.56 Å². The van der Waals surface area contributed by atoms with Gasteiger partial charge in [-0.25, -0.2) is 0 Å². The topological polar surface area (TPSA) is 35.4 Å². The summed E-state index contributed by atoms with van der Waals surface area (Å²) in [7, 11) is 1.41. The van der Waals surface area contributed by atoms with Gasteiger partial charge in [0, 0.05) is 18.0 Å². The third kappa shape index (κ3) is 3.37. The zero-order valence-corrected chi connectivity index (χ0v) is 10.3. The van der Waals surface area contributed by atoms with Crippen LogP contribution in [0.4, 0.5) is 8.78 Å². The molecule has 1 aromatic carbocycles. The number of benzene rings is 1. The molecule has 0 aliphatic heterocycles. The molecule has 0 bridgehead atoms. The summed E-state index contributed by atoms with van der Waals surface area (Å²) < 4.78 is 36.1. The molecule has 0 aliphatic rings. The van der Waals surface area contributed by atoms with Crippen molar-refractivity contribution in [2.75, 3.05) is 12.5 Å². The quantitative estimate of drug-likeness (QED) is 0.875. The lowest BCUT2D eigenvalue weighted by Gasteiger charge is -2.15. The Kier molecular flexibility index (Phi) is 4.22. The molecule has 0 radical (unpaired) electrons. The normalized spacial score (nSPS) is 10.5. The first kappa shape index (κ1) is 13.2. The van der Waals surface area contributed by atoms with Gasteiger partial charge in [-0.05, 0) is 18.2 Å². The van der Waals surface area contributed by atoms with Crippen LogP contribution >= 0.6 is 0 Å². The Balaban J connectivity index is 2.18. The molecule has 0 amide bonds. The third-order valence-corrected chi connectivity index (χ3v) is 2.54. The summed E-state index contributed by atoms with van der Waals surface area (Å²) in [4.78, 5) is 0. The highest BCUT2D eigenvalue weighted by atomic mass is 19.3. The van der Waals surface area contributed by atoms with Crippen molar-refractivity contribution in [2.45, 2.75) is 13.2 Å². The Labute approximate surface area is 109 Å². The molecule has 0 saturated carbocycles. The van der Waals surface area contributed by atoms with E-state index in [0.717, 1.165) is 0 Å². The van der Waals surface area contributed by atoms with E-state index in [9.17, 15) is 8.78 Å². The van der Waals surface area contributed by atoms with Crippen LogP contribution in [0.2, 0.25) is 0 Å². The monoisotopic (exact) mass is 268 g/mol. The predicted octanol–water partition coefficient (Wildman–Crippen LogP) is 2.84. The largest absolute Gasteiger partial charge is 0.493 e. The van der Waals surface area contributed by atoms with Crippen LogP contribution in [0.25, 0.3) is 0 Å². The number of aromatic nitrogens is 1. The molecule has 19 heavy (non-hydrogen) atoms. The van der Waals surface area contributed by atoms with Gasteiger partial charge < -0.3 is 14.9 Å². The van der Waals surface area contributed by atoms with Gasteiger partial charge in [0.25, 0.3) is 0 Å². The number of methoxy groups -OCH3 is 1. The van der Waals surface area contributed by atoms with Crippen LogP contribution in [-0.2, 0) is 6.54 Å². The number of para-hydroxylation sites is 1. The molecule has 1 aromatic heterocycles. The average Bonchev–Trinajstić information content (AvgIpc) is 2.90. The Morgan fingerprint density at radius 2 is 1.95 bits per heavy atom. The van der Waals surface area contributed by atoms with Gasteiger partial charge in [-0.2, -0.15) is 8.78 Å². The molecule has 1 N–H and O–H groups in total. The number of rotatable bonds is 6. The second-order valence-electron chi connectivity index (χ2n) is 3.75. The summed E-state index contributed by atoms with van der Waals surface area (Å²) in [6.07, 6.45) is 3.63. The summed E-state index contributed by atoms with van der Waals surface area (Å²) in [6, 6.07) is 8.72. The molecule has 0 saturated heterocycles. The Bertz CT molecular complexity index is 515. The summed E-state index contributed by atoms with van der Waals surface area (Å²) >= 11 is 0. The summed E-state index contributed by atoms with van der Waals surface area (Å²) in [5.41, 5.74) is 3.63. The molecule has 6 heteroatoms. The number of halogens is 2. The van der Waals surface area contributed by atoms with Crippen LogP contribution in [-0.4, -0.2) is 18.4 Å². The van der Waals surface area contributed by atoms with Crippen molar-refractivity contribution in [2.24, 2.45) is 0 Å². The lowest BCUT2D eigenvalue weighted by atomic mass is 10.2. The smallest absolute Gasteiger partial charge is 0.387 e. The first-order valence-corrected chi connectivity index (χ1v) is 5.68. The van der Waals surface area contributed by atoms with Crippen molar-refractivity contribution in [1.29, 1.82) is 0 Å². The number of nitrogens with zero attached hydrogens (tertiary/aromatic N) is 1. The zero-order valence-electron chi connectivity index (χ0n) is 10.3. The van der Waals surface area contributed by atoms with Gasteiger partial charge in [-0.3, -0.25) is 4.68 Å². The molecular formula is C13H14F2N2O2. The summed E-state index contributed by atoms with van der Waals surface area (Å²) in [6.45, 7) is -2.55.